The summed E-state index contributed by atoms with van der Waals surface area (Å²) in [7, 11) is 1.61. The number of carbonyl (C=O) groups is 2. The van der Waals surface area contributed by atoms with Gasteiger partial charge in [0, 0.05) is 57.3 Å². The highest BCUT2D eigenvalue weighted by Gasteiger charge is 2.31. The first-order chi connectivity index (χ1) is 16.1. The highest BCUT2D eigenvalue weighted by molar-refractivity contribution is 5.94. The minimum atomic E-state index is 0.0226. The van der Waals surface area contributed by atoms with Crippen LogP contribution in [0.1, 0.15) is 28.8 Å². The van der Waals surface area contributed by atoms with Crippen molar-refractivity contribution in [2.45, 2.75) is 12.8 Å². The summed E-state index contributed by atoms with van der Waals surface area (Å²) in [5.41, 5.74) is 1.88. The maximum absolute atomic E-state index is 13.1. The molecule has 2 amide bonds. The fourth-order valence-corrected chi connectivity index (χ4v) is 4.56. The fraction of sp³-hybridized carbons (Fsp3) is 0.407. The third kappa shape index (κ3) is 6.02. The van der Waals surface area contributed by atoms with Crippen molar-refractivity contribution < 1.29 is 14.3 Å². The summed E-state index contributed by atoms with van der Waals surface area (Å²) in [6.45, 7) is 5.53. The summed E-state index contributed by atoms with van der Waals surface area (Å²) < 4.78 is 5.16. The minimum absolute atomic E-state index is 0.0226. The number of carbonyl (C=O) groups excluding carboxylic acids is 2. The van der Waals surface area contributed by atoms with Crippen LogP contribution in [-0.4, -0.2) is 79.4 Å². The normalized spacial score (nSPS) is 18.0. The molecule has 0 aromatic heterocycles. The van der Waals surface area contributed by atoms with Gasteiger partial charge in [-0.05, 0) is 42.7 Å². The van der Waals surface area contributed by atoms with Crippen LogP contribution in [0.3, 0.4) is 0 Å². The Hall–Kier alpha value is -3.12. The van der Waals surface area contributed by atoms with Gasteiger partial charge in [0.15, 0.2) is 0 Å². The molecule has 0 radical (unpaired) electrons. The molecule has 0 bridgehead atoms. The predicted octanol–water partition coefficient (Wildman–Crippen LogP) is 3.41. The summed E-state index contributed by atoms with van der Waals surface area (Å²) in [5.74, 6) is 1.05. The highest BCUT2D eigenvalue weighted by atomic mass is 16.5. The number of ether oxygens (including phenoxy) is 1. The first kappa shape index (κ1) is 23.1. The second-order valence-corrected chi connectivity index (χ2v) is 8.73. The van der Waals surface area contributed by atoms with Crippen LogP contribution in [0.5, 0.6) is 5.75 Å². The summed E-state index contributed by atoms with van der Waals surface area (Å²) >= 11 is 0. The van der Waals surface area contributed by atoms with Crippen molar-refractivity contribution in [3.05, 3.63) is 71.8 Å². The predicted molar refractivity (Wildman–Crippen MR) is 130 cm³/mol. The van der Waals surface area contributed by atoms with Crippen LogP contribution in [0.4, 0.5) is 0 Å². The molecule has 0 atom stereocenters. The van der Waals surface area contributed by atoms with Crippen LogP contribution >= 0.6 is 0 Å². The van der Waals surface area contributed by atoms with Crippen LogP contribution in [0.2, 0.25) is 0 Å². The molecule has 2 aliphatic heterocycles. The number of piperidine rings is 1. The quantitative estimate of drug-likeness (QED) is 0.681. The molecule has 6 nitrogen and oxygen atoms in total. The van der Waals surface area contributed by atoms with Gasteiger partial charge in [-0.15, -0.1) is 0 Å². The zero-order valence-corrected chi connectivity index (χ0v) is 19.4. The Bertz CT molecular complexity index is 942. The average molecular weight is 448 g/mol. The Balaban J connectivity index is 1.20. The van der Waals surface area contributed by atoms with Crippen molar-refractivity contribution in [2.24, 2.45) is 5.92 Å². The van der Waals surface area contributed by atoms with Crippen molar-refractivity contribution in [2.75, 3.05) is 52.9 Å². The number of benzene rings is 2. The Morgan fingerprint density at radius 2 is 1.55 bits per heavy atom. The largest absolute Gasteiger partial charge is 0.497 e. The molecule has 2 aromatic rings. The number of piperazine rings is 1. The second-order valence-electron chi connectivity index (χ2n) is 8.73. The van der Waals surface area contributed by atoms with Crippen LogP contribution in [0, 0.1) is 5.92 Å². The monoisotopic (exact) mass is 447 g/mol. The number of nitrogens with zero attached hydrogens (tertiary/aromatic N) is 3. The van der Waals surface area contributed by atoms with Gasteiger partial charge in [0.1, 0.15) is 5.75 Å². The molecule has 0 unspecified atom stereocenters. The van der Waals surface area contributed by atoms with Crippen LogP contribution < -0.4 is 4.74 Å². The molecule has 0 saturated carbocycles. The topological polar surface area (TPSA) is 53.1 Å². The molecule has 2 saturated heterocycles. The molecule has 0 N–H and O–H groups in total. The van der Waals surface area contributed by atoms with E-state index in [2.05, 4.69) is 29.2 Å². The Labute approximate surface area is 196 Å². The Kier molecular flexibility index (Phi) is 7.79. The van der Waals surface area contributed by atoms with E-state index in [1.807, 2.05) is 28.0 Å². The third-order valence-electron chi connectivity index (χ3n) is 6.63. The molecule has 0 aliphatic carbocycles. The Morgan fingerprint density at radius 1 is 0.879 bits per heavy atom. The number of hydrogen-bond donors (Lipinski definition) is 0. The summed E-state index contributed by atoms with van der Waals surface area (Å²) in [4.78, 5) is 32.1. The smallest absolute Gasteiger partial charge is 0.253 e. The van der Waals surface area contributed by atoms with Gasteiger partial charge in [-0.1, -0.05) is 42.5 Å². The first-order valence-corrected chi connectivity index (χ1v) is 11.8. The maximum Gasteiger partial charge on any atom is 0.253 e. The SMILES string of the molecule is COc1ccc(C(=O)N2CCC(C(=O)N3CCN(C/C=C/c4ccccc4)CC3)CC2)cc1. The van der Waals surface area contributed by atoms with E-state index in [-0.39, 0.29) is 17.7 Å². The van der Waals surface area contributed by atoms with Gasteiger partial charge in [0.2, 0.25) is 5.91 Å². The molecule has 174 valence electrons. The van der Waals surface area contributed by atoms with Gasteiger partial charge >= 0.3 is 0 Å². The van der Waals surface area contributed by atoms with Crippen molar-refractivity contribution in [3.63, 3.8) is 0 Å². The van der Waals surface area contributed by atoms with Crippen LogP contribution in [0.25, 0.3) is 6.08 Å². The van der Waals surface area contributed by atoms with Gasteiger partial charge in [-0.2, -0.15) is 0 Å². The molecule has 6 heteroatoms. The van der Waals surface area contributed by atoms with Gasteiger partial charge in [0.25, 0.3) is 5.91 Å². The van der Waals surface area contributed by atoms with E-state index in [0.29, 0.717) is 18.7 Å². The molecule has 33 heavy (non-hydrogen) atoms. The van der Waals surface area contributed by atoms with E-state index in [9.17, 15) is 9.59 Å². The van der Waals surface area contributed by atoms with Crippen LogP contribution in [0.15, 0.2) is 60.7 Å². The molecule has 2 fully saturated rings. The molecule has 2 aliphatic rings. The number of rotatable bonds is 6. The van der Waals surface area contributed by atoms with Crippen molar-refractivity contribution in [3.8, 4) is 5.75 Å². The van der Waals surface area contributed by atoms with Gasteiger partial charge < -0.3 is 14.5 Å². The number of hydrogen-bond acceptors (Lipinski definition) is 4. The number of likely N-dealkylation sites (tertiary alicyclic amines) is 1. The zero-order chi connectivity index (χ0) is 23.0. The zero-order valence-electron chi connectivity index (χ0n) is 19.4. The van der Waals surface area contributed by atoms with Gasteiger partial charge in [0.05, 0.1) is 7.11 Å². The summed E-state index contributed by atoms with van der Waals surface area (Å²) in [6, 6.07) is 17.5. The lowest BCUT2D eigenvalue weighted by molar-refractivity contribution is -0.138. The lowest BCUT2D eigenvalue weighted by Crippen LogP contribution is -2.51. The van der Waals surface area contributed by atoms with Crippen molar-refractivity contribution >= 4 is 17.9 Å². The molecule has 2 heterocycles. The molecule has 4 rings (SSSR count). The molecular weight excluding hydrogens is 414 g/mol. The van der Waals surface area contributed by atoms with E-state index in [1.165, 1.54) is 5.56 Å². The Morgan fingerprint density at radius 3 is 2.18 bits per heavy atom. The minimum Gasteiger partial charge on any atom is -0.497 e. The van der Waals surface area contributed by atoms with E-state index in [0.717, 1.165) is 51.3 Å². The fourth-order valence-electron chi connectivity index (χ4n) is 4.56. The van der Waals surface area contributed by atoms with E-state index >= 15 is 0 Å². The average Bonchev–Trinajstić information content (AvgIpc) is 2.89. The van der Waals surface area contributed by atoms with Crippen molar-refractivity contribution in [1.82, 2.24) is 14.7 Å². The summed E-state index contributed by atoms with van der Waals surface area (Å²) in [6.07, 6.45) is 5.82. The lowest BCUT2D eigenvalue weighted by atomic mass is 9.94. The third-order valence-corrected chi connectivity index (χ3v) is 6.63. The van der Waals surface area contributed by atoms with E-state index < -0.39 is 0 Å². The van der Waals surface area contributed by atoms with Gasteiger partial charge in [-0.25, -0.2) is 0 Å². The second kappa shape index (κ2) is 11.1. The summed E-state index contributed by atoms with van der Waals surface area (Å²) in [5, 5.41) is 0. The number of methoxy groups -OCH3 is 1. The first-order valence-electron chi connectivity index (χ1n) is 11.8. The van der Waals surface area contributed by atoms with E-state index in [4.69, 9.17) is 4.74 Å². The molecule has 0 spiro atoms. The van der Waals surface area contributed by atoms with Gasteiger partial charge in [-0.3, -0.25) is 14.5 Å². The molecule has 2 aromatic carbocycles. The number of amides is 2. The van der Waals surface area contributed by atoms with Crippen LogP contribution in [-0.2, 0) is 4.79 Å². The lowest BCUT2D eigenvalue weighted by Gasteiger charge is -2.38. The van der Waals surface area contributed by atoms with Crippen molar-refractivity contribution in [1.29, 1.82) is 0 Å². The highest BCUT2D eigenvalue weighted by Crippen LogP contribution is 2.23. The standard InChI is InChI=1S/C27H33N3O3/c1-33-25-11-9-23(10-12-25)26(31)29-16-13-24(14-17-29)27(32)30-20-18-28(19-21-30)15-5-8-22-6-3-2-4-7-22/h2-12,24H,13-21H2,1H3/b8-5+. The van der Waals surface area contributed by atoms with E-state index in [1.54, 1.807) is 31.4 Å². The maximum atomic E-state index is 13.1. The molecular formula is C27H33N3O3.